The van der Waals surface area contributed by atoms with Crippen LogP contribution in [0.15, 0.2) is 90.2 Å². The Bertz CT molecular complexity index is 1280. The zero-order valence-electron chi connectivity index (χ0n) is 19.5. The molecule has 3 aromatic carbocycles. The summed E-state index contributed by atoms with van der Waals surface area (Å²) in [6, 6.07) is 22.5. The van der Waals surface area contributed by atoms with E-state index in [4.69, 9.17) is 4.74 Å². The lowest BCUT2D eigenvalue weighted by Crippen LogP contribution is -2.31. The van der Waals surface area contributed by atoms with E-state index in [2.05, 4.69) is 5.32 Å². The fraction of sp³-hybridized carbons (Fsp3) is 0.179. The summed E-state index contributed by atoms with van der Waals surface area (Å²) in [4.78, 5) is 39.5. The molecule has 0 aliphatic carbocycles. The van der Waals surface area contributed by atoms with Gasteiger partial charge < -0.3 is 15.2 Å². The Labute approximate surface area is 203 Å². The van der Waals surface area contributed by atoms with Gasteiger partial charge in [0.25, 0.3) is 5.91 Å². The number of rotatable bonds is 8. The number of nitrogens with zero attached hydrogens (tertiary/aromatic N) is 1. The molecular weight excluding hydrogens is 444 g/mol. The minimum atomic E-state index is -0.867. The second kappa shape index (κ2) is 10.3. The van der Waals surface area contributed by atoms with Crippen molar-refractivity contribution in [2.45, 2.75) is 25.8 Å². The number of nitrogens with one attached hydrogen (secondary N) is 1. The number of Topliss-reactive ketones (excluding diaryl/α,β-unsaturated/α-hetero) is 1. The molecule has 1 unspecified atom stereocenters. The summed E-state index contributed by atoms with van der Waals surface area (Å²) < 4.78 is 5.53. The summed E-state index contributed by atoms with van der Waals surface area (Å²) in [6.45, 7) is 1.41. The van der Waals surface area contributed by atoms with Gasteiger partial charge in [-0.25, -0.2) is 0 Å². The van der Waals surface area contributed by atoms with Crippen LogP contribution in [0.1, 0.15) is 30.5 Å². The molecule has 1 aliphatic rings. The molecule has 2 N–H and O–H groups in total. The molecule has 0 bridgehead atoms. The number of amides is 2. The fourth-order valence-electron chi connectivity index (χ4n) is 4.29. The van der Waals surface area contributed by atoms with Crippen LogP contribution in [-0.2, 0) is 20.8 Å². The van der Waals surface area contributed by atoms with Gasteiger partial charge in [-0.15, -0.1) is 0 Å². The average molecular weight is 471 g/mol. The van der Waals surface area contributed by atoms with Gasteiger partial charge in [-0.1, -0.05) is 48.5 Å². The van der Waals surface area contributed by atoms with Gasteiger partial charge in [-0.2, -0.15) is 0 Å². The van der Waals surface area contributed by atoms with Gasteiger partial charge in [0.2, 0.25) is 5.91 Å². The minimum absolute atomic E-state index is 0.0429. The highest BCUT2D eigenvalue weighted by Crippen LogP contribution is 2.44. The normalized spacial score (nSPS) is 15.3. The van der Waals surface area contributed by atoms with Gasteiger partial charge in [0.15, 0.2) is 11.5 Å². The van der Waals surface area contributed by atoms with Crippen molar-refractivity contribution in [3.05, 3.63) is 101 Å². The van der Waals surface area contributed by atoms with Crippen LogP contribution in [0.3, 0.4) is 0 Å². The van der Waals surface area contributed by atoms with Crippen LogP contribution in [0.2, 0.25) is 0 Å². The summed E-state index contributed by atoms with van der Waals surface area (Å²) >= 11 is 0. The van der Waals surface area contributed by atoms with Crippen molar-refractivity contribution < 1.29 is 24.2 Å². The zero-order valence-corrected chi connectivity index (χ0v) is 19.5. The fourth-order valence-corrected chi connectivity index (χ4v) is 4.29. The smallest absolute Gasteiger partial charge is 0.294 e. The van der Waals surface area contributed by atoms with Crippen LogP contribution < -0.4 is 15.0 Å². The second-order valence-corrected chi connectivity index (χ2v) is 8.22. The number of carbonyl (C=O) groups is 3. The minimum Gasteiger partial charge on any atom is -0.503 e. The van der Waals surface area contributed by atoms with Crippen LogP contribution in [0.4, 0.5) is 11.4 Å². The molecule has 1 heterocycles. The van der Waals surface area contributed by atoms with E-state index < -0.39 is 17.7 Å². The lowest BCUT2D eigenvalue weighted by Gasteiger charge is -2.28. The van der Waals surface area contributed by atoms with Crippen molar-refractivity contribution in [3.8, 4) is 5.75 Å². The number of para-hydroxylation sites is 1. The quantitative estimate of drug-likeness (QED) is 0.495. The second-order valence-electron chi connectivity index (χ2n) is 8.22. The molecule has 1 aliphatic heterocycles. The standard InChI is InChI=1S/C28H26N2O5/c1-18(31)29-20-13-15-21(16-14-20)30-26(22-10-6-7-11-24(22)35-2)25(27(33)28(30)34)23(32)17-12-19-8-4-3-5-9-19/h3-11,13-16,26,33H,12,17H2,1-2H3,(H,29,31). The summed E-state index contributed by atoms with van der Waals surface area (Å²) in [5.74, 6) is -1.27. The number of hydrogen-bond acceptors (Lipinski definition) is 5. The number of anilines is 2. The molecular formula is C28H26N2O5. The van der Waals surface area contributed by atoms with Crippen LogP contribution >= 0.6 is 0 Å². The molecule has 0 spiro atoms. The maximum Gasteiger partial charge on any atom is 0.294 e. The van der Waals surface area contributed by atoms with Crippen LogP contribution in [-0.4, -0.2) is 29.8 Å². The SMILES string of the molecule is COc1ccccc1C1C(C(=O)CCc2ccccc2)=C(O)C(=O)N1c1ccc(NC(C)=O)cc1. The highest BCUT2D eigenvalue weighted by atomic mass is 16.5. The lowest BCUT2D eigenvalue weighted by atomic mass is 9.92. The van der Waals surface area contributed by atoms with Gasteiger partial charge in [0.05, 0.1) is 18.7 Å². The van der Waals surface area contributed by atoms with E-state index >= 15 is 0 Å². The van der Waals surface area contributed by atoms with Gasteiger partial charge in [0.1, 0.15) is 5.75 Å². The van der Waals surface area contributed by atoms with Crippen LogP contribution in [0, 0.1) is 0 Å². The highest BCUT2D eigenvalue weighted by molar-refractivity contribution is 6.16. The Kier molecular flexibility index (Phi) is 6.96. The number of aryl methyl sites for hydroxylation is 1. The van der Waals surface area contributed by atoms with E-state index in [1.807, 2.05) is 30.3 Å². The molecule has 4 rings (SSSR count). The number of methoxy groups -OCH3 is 1. The highest BCUT2D eigenvalue weighted by Gasteiger charge is 2.45. The van der Waals surface area contributed by atoms with E-state index in [1.165, 1.54) is 18.9 Å². The van der Waals surface area contributed by atoms with Crippen molar-refractivity contribution in [1.82, 2.24) is 0 Å². The zero-order chi connectivity index (χ0) is 24.9. The molecule has 1 atom stereocenters. The molecule has 0 saturated carbocycles. The van der Waals surface area contributed by atoms with Crippen molar-refractivity contribution >= 4 is 29.0 Å². The monoisotopic (exact) mass is 470 g/mol. The van der Waals surface area contributed by atoms with E-state index in [9.17, 15) is 19.5 Å². The molecule has 0 saturated heterocycles. The molecule has 0 radical (unpaired) electrons. The topological polar surface area (TPSA) is 95.9 Å². The third-order valence-electron chi connectivity index (χ3n) is 5.89. The van der Waals surface area contributed by atoms with E-state index in [0.717, 1.165) is 5.56 Å². The number of aliphatic hydroxyl groups excluding tert-OH is 1. The van der Waals surface area contributed by atoms with Crippen molar-refractivity contribution in [1.29, 1.82) is 0 Å². The lowest BCUT2D eigenvalue weighted by molar-refractivity contribution is -0.118. The first-order valence-corrected chi connectivity index (χ1v) is 11.2. The summed E-state index contributed by atoms with van der Waals surface area (Å²) in [6.07, 6.45) is 0.617. The number of hydrogen-bond donors (Lipinski definition) is 2. The predicted molar refractivity (Wildman–Crippen MR) is 133 cm³/mol. The molecule has 7 nitrogen and oxygen atoms in total. The third kappa shape index (κ3) is 4.94. The number of ketones is 1. The van der Waals surface area contributed by atoms with Crippen molar-refractivity contribution in [2.24, 2.45) is 0 Å². The number of benzene rings is 3. The Morgan fingerprint density at radius 3 is 2.29 bits per heavy atom. The van der Waals surface area contributed by atoms with E-state index in [-0.39, 0.29) is 23.7 Å². The molecule has 7 heteroatoms. The first kappa shape index (κ1) is 23.8. The van der Waals surface area contributed by atoms with E-state index in [1.54, 1.807) is 48.5 Å². The van der Waals surface area contributed by atoms with Gasteiger partial charge in [-0.05, 0) is 42.3 Å². The Balaban J connectivity index is 1.73. The Hall–Kier alpha value is -4.39. The van der Waals surface area contributed by atoms with E-state index in [0.29, 0.717) is 29.1 Å². The number of ether oxygens (including phenoxy) is 1. The van der Waals surface area contributed by atoms with Gasteiger partial charge >= 0.3 is 0 Å². The average Bonchev–Trinajstić information content (AvgIpc) is 3.13. The first-order valence-electron chi connectivity index (χ1n) is 11.2. The van der Waals surface area contributed by atoms with Crippen LogP contribution in [0.5, 0.6) is 5.75 Å². The molecule has 0 aromatic heterocycles. The van der Waals surface area contributed by atoms with Crippen LogP contribution in [0.25, 0.3) is 0 Å². The Morgan fingerprint density at radius 2 is 1.63 bits per heavy atom. The summed E-state index contributed by atoms with van der Waals surface area (Å²) in [5, 5.41) is 13.6. The predicted octanol–water partition coefficient (Wildman–Crippen LogP) is 4.76. The van der Waals surface area contributed by atoms with Gasteiger partial charge in [0, 0.05) is 30.3 Å². The third-order valence-corrected chi connectivity index (χ3v) is 5.89. The van der Waals surface area contributed by atoms with Crippen molar-refractivity contribution in [3.63, 3.8) is 0 Å². The molecule has 0 fully saturated rings. The number of aliphatic hydroxyl groups is 1. The largest absolute Gasteiger partial charge is 0.503 e. The maximum absolute atomic E-state index is 13.4. The maximum atomic E-state index is 13.4. The molecule has 178 valence electrons. The summed E-state index contributed by atoms with van der Waals surface area (Å²) in [5.41, 5.74) is 2.66. The Morgan fingerprint density at radius 1 is 0.971 bits per heavy atom. The summed E-state index contributed by atoms with van der Waals surface area (Å²) in [7, 11) is 1.52. The number of carbonyl (C=O) groups excluding carboxylic acids is 3. The molecule has 3 aromatic rings. The molecule has 35 heavy (non-hydrogen) atoms. The first-order chi connectivity index (χ1) is 16.9. The molecule has 2 amide bonds. The van der Waals surface area contributed by atoms with Crippen molar-refractivity contribution in [2.75, 3.05) is 17.3 Å². The van der Waals surface area contributed by atoms with Gasteiger partial charge in [-0.3, -0.25) is 19.3 Å².